The van der Waals surface area contributed by atoms with E-state index in [4.69, 9.17) is 21.4 Å². The molecule has 0 unspecified atom stereocenters. The number of alkyl halides is 6. The number of nitrogen functional groups attached to an aromatic ring is 1. The lowest BCUT2D eigenvalue weighted by Gasteiger charge is -2.12. The van der Waals surface area contributed by atoms with E-state index < -0.39 is 57.0 Å². The molecule has 0 bridgehead atoms. The first-order valence-corrected chi connectivity index (χ1v) is 16.8. The van der Waals surface area contributed by atoms with Crippen molar-refractivity contribution in [2.75, 3.05) is 11.1 Å². The van der Waals surface area contributed by atoms with Crippen molar-refractivity contribution in [3.05, 3.63) is 124 Å². The van der Waals surface area contributed by atoms with E-state index in [1.165, 1.54) is 24.3 Å². The molecule has 0 fully saturated rings. The van der Waals surface area contributed by atoms with Crippen molar-refractivity contribution < 1.29 is 50.6 Å². The maximum atomic E-state index is 12.9. The van der Waals surface area contributed by atoms with Gasteiger partial charge in [-0.2, -0.15) is 36.9 Å². The van der Waals surface area contributed by atoms with Crippen LogP contribution in [0.1, 0.15) is 54.1 Å². The number of amides is 1. The van der Waals surface area contributed by atoms with Crippen LogP contribution in [0.4, 0.5) is 37.7 Å². The van der Waals surface area contributed by atoms with E-state index in [0.29, 0.717) is 11.1 Å². The molecular formula is C34H22Cl2F6I2N4O5. The molecule has 9 nitrogen and oxygen atoms in total. The van der Waals surface area contributed by atoms with Crippen LogP contribution in [-0.4, -0.2) is 27.5 Å². The van der Waals surface area contributed by atoms with Crippen LogP contribution in [0.5, 0.6) is 0 Å². The molecule has 4 N–H and O–H groups in total. The molecule has 4 aromatic rings. The first-order valence-electron chi connectivity index (χ1n) is 13.9. The monoisotopic (exact) mass is 1000 g/mol. The fourth-order valence-electron chi connectivity index (χ4n) is 3.51. The van der Waals surface area contributed by atoms with E-state index >= 15 is 0 Å². The van der Waals surface area contributed by atoms with Gasteiger partial charge in [0.25, 0.3) is 5.91 Å². The molecule has 19 heteroatoms. The van der Waals surface area contributed by atoms with Crippen molar-refractivity contribution in [1.82, 2.24) is 0 Å². The number of carbonyl (C=O) groups excluding carboxylic acids is 3. The Balaban J connectivity index is 0.000000396. The van der Waals surface area contributed by atoms with Crippen molar-refractivity contribution in [3.8, 4) is 12.1 Å². The predicted molar refractivity (Wildman–Crippen MR) is 201 cm³/mol. The number of hydrogen-bond donors (Lipinski definition) is 3. The maximum absolute atomic E-state index is 12.9. The van der Waals surface area contributed by atoms with Gasteiger partial charge in [-0.05, 0) is 154 Å². The molecule has 0 aliphatic carbocycles. The Morgan fingerprint density at radius 3 is 1.51 bits per heavy atom. The highest BCUT2D eigenvalue weighted by Crippen LogP contribution is 2.34. The number of aryl methyl sites for hydroxylation is 2. The number of rotatable bonds is 4. The van der Waals surface area contributed by atoms with E-state index in [2.05, 4.69) is 73.7 Å². The van der Waals surface area contributed by atoms with Crippen molar-refractivity contribution in [1.29, 1.82) is 10.5 Å². The Labute approximate surface area is 335 Å². The highest BCUT2D eigenvalue weighted by atomic mass is 127. The quantitative estimate of drug-likeness (QED) is 0.0596. The number of nitriles is 2. The lowest BCUT2D eigenvalue weighted by atomic mass is 10.1. The van der Waals surface area contributed by atoms with Crippen LogP contribution in [0.2, 0.25) is 0 Å². The Morgan fingerprint density at radius 1 is 0.698 bits per heavy atom. The molecule has 0 heterocycles. The van der Waals surface area contributed by atoms with Gasteiger partial charge in [-0.1, -0.05) is 12.1 Å². The minimum atomic E-state index is -4.66. The van der Waals surface area contributed by atoms with Crippen LogP contribution in [0.25, 0.3) is 0 Å². The highest BCUT2D eigenvalue weighted by molar-refractivity contribution is 14.1. The van der Waals surface area contributed by atoms with E-state index in [1.807, 2.05) is 19.9 Å². The summed E-state index contributed by atoms with van der Waals surface area (Å²) in [5, 5.41) is 25.9. The van der Waals surface area contributed by atoms with Gasteiger partial charge in [-0.15, -0.1) is 0 Å². The van der Waals surface area contributed by atoms with E-state index in [9.17, 15) is 45.5 Å². The summed E-state index contributed by atoms with van der Waals surface area (Å²) >= 11 is 13.2. The molecule has 0 atom stereocenters. The Kier molecular flexibility index (Phi) is 18.2. The normalized spacial score (nSPS) is 10.3. The van der Waals surface area contributed by atoms with E-state index in [-0.39, 0.29) is 11.4 Å². The van der Waals surface area contributed by atoms with Gasteiger partial charge in [0.05, 0.1) is 40.0 Å². The minimum Gasteiger partial charge on any atom is -0.478 e. The van der Waals surface area contributed by atoms with E-state index in [1.54, 1.807) is 30.3 Å². The molecule has 0 saturated carbocycles. The first kappa shape index (κ1) is 46.6. The summed E-state index contributed by atoms with van der Waals surface area (Å²) in [6.45, 7) is 3.84. The third kappa shape index (κ3) is 15.6. The van der Waals surface area contributed by atoms with Crippen molar-refractivity contribution in [3.63, 3.8) is 0 Å². The number of carbonyl (C=O) groups is 4. The molecule has 4 rings (SSSR count). The number of carboxylic acid groups (broad SMARTS) is 1. The van der Waals surface area contributed by atoms with Gasteiger partial charge < -0.3 is 16.2 Å². The van der Waals surface area contributed by atoms with Gasteiger partial charge in [0.2, 0.25) is 0 Å². The number of anilines is 2. The van der Waals surface area contributed by atoms with Crippen LogP contribution in [0, 0.1) is 43.7 Å². The van der Waals surface area contributed by atoms with Gasteiger partial charge >= 0.3 is 28.8 Å². The molecule has 0 aliphatic heterocycles. The Bertz CT molecular complexity index is 2090. The average Bonchev–Trinajstić information content (AvgIpc) is 3.07. The smallest absolute Gasteiger partial charge is 0.417 e. The molecule has 0 aromatic heterocycles. The molecular weight excluding hydrogens is 983 g/mol. The van der Waals surface area contributed by atoms with Crippen LogP contribution >= 0.6 is 68.4 Å². The number of benzene rings is 4. The summed E-state index contributed by atoms with van der Waals surface area (Å²) in [7, 11) is 0. The standard InChI is InChI=1S/C16H10F3IN2O.C8H5F3N2.C8H7IO2.C2Cl2O2/c1-9-2-3-10(6-14(9)20)15(23)22-12-5-4-11(8-21)13(7-12)16(17,18)19;9-8(10,11)7-3-6(13)2-1-5(7)4-12;1-5-2-3-6(8(10)11)4-7(5)9;3-1(5)2(4)6/h2-7H,1H3,(H,22,23);1-3H,13H2;2-4H,1H3,(H,10,11);. The second-order valence-corrected chi connectivity index (χ2v) is 13.0. The molecule has 0 saturated heterocycles. The second kappa shape index (κ2) is 20.7. The molecule has 53 heavy (non-hydrogen) atoms. The van der Waals surface area contributed by atoms with Gasteiger partial charge in [0.15, 0.2) is 0 Å². The number of nitrogens with one attached hydrogen (secondary N) is 1. The summed E-state index contributed by atoms with van der Waals surface area (Å²) < 4.78 is 77.2. The summed E-state index contributed by atoms with van der Waals surface area (Å²) in [6, 6.07) is 19.2. The average molecular weight is 1010 g/mol. The third-order valence-electron chi connectivity index (χ3n) is 6.18. The lowest BCUT2D eigenvalue weighted by Crippen LogP contribution is -2.14. The van der Waals surface area contributed by atoms with Gasteiger partial charge in [-0.3, -0.25) is 14.4 Å². The van der Waals surface area contributed by atoms with Gasteiger partial charge in [0.1, 0.15) is 0 Å². The number of halogens is 10. The SMILES string of the molecule is Cc1ccc(C(=O)Nc2ccc(C#N)c(C(F)(F)F)c2)cc1I.Cc1ccc(C(=O)O)cc1I.N#Cc1ccc(N)cc1C(F)(F)F.O=C(Cl)C(=O)Cl. The second-order valence-electron chi connectivity index (χ2n) is 10.0. The number of nitrogens with two attached hydrogens (primary N) is 1. The summed E-state index contributed by atoms with van der Waals surface area (Å²) in [4.78, 5) is 41.4. The summed E-state index contributed by atoms with van der Waals surface area (Å²) in [5.41, 5.74) is 4.98. The zero-order valence-corrected chi connectivity index (χ0v) is 32.6. The lowest BCUT2D eigenvalue weighted by molar-refractivity contribution is -0.138. The van der Waals surface area contributed by atoms with Crippen LogP contribution < -0.4 is 11.1 Å². The van der Waals surface area contributed by atoms with Crippen LogP contribution in [0.3, 0.4) is 0 Å². The zero-order valence-electron chi connectivity index (χ0n) is 26.8. The largest absolute Gasteiger partial charge is 0.478 e. The topological polar surface area (TPSA) is 174 Å². The van der Waals surface area contributed by atoms with Crippen molar-refractivity contribution >= 4 is 102 Å². The maximum Gasteiger partial charge on any atom is 0.417 e. The number of nitrogens with zero attached hydrogens (tertiary/aromatic N) is 2. The molecule has 4 aromatic carbocycles. The van der Waals surface area contributed by atoms with Gasteiger partial charge in [0, 0.05) is 24.1 Å². The third-order valence-corrected chi connectivity index (χ3v) is 8.94. The fourth-order valence-corrected chi connectivity index (χ4v) is 4.54. The highest BCUT2D eigenvalue weighted by Gasteiger charge is 2.34. The van der Waals surface area contributed by atoms with Crippen molar-refractivity contribution in [2.45, 2.75) is 26.2 Å². The molecule has 278 valence electrons. The number of aromatic carboxylic acids is 1. The van der Waals surface area contributed by atoms with Crippen molar-refractivity contribution in [2.24, 2.45) is 0 Å². The Hall–Kier alpha value is -4.44. The molecule has 0 spiro atoms. The molecule has 1 amide bonds. The molecule has 0 aliphatic rings. The van der Waals surface area contributed by atoms with Crippen LogP contribution in [-0.2, 0) is 21.9 Å². The Morgan fingerprint density at radius 2 is 1.11 bits per heavy atom. The predicted octanol–water partition coefficient (Wildman–Crippen LogP) is 9.72. The number of hydrogen-bond acceptors (Lipinski definition) is 7. The van der Waals surface area contributed by atoms with Crippen LogP contribution in [0.15, 0.2) is 72.8 Å². The first-order chi connectivity index (χ1) is 24.4. The molecule has 0 radical (unpaired) electrons. The number of carboxylic acids is 1. The summed E-state index contributed by atoms with van der Waals surface area (Å²) in [6.07, 6.45) is -9.19. The minimum absolute atomic E-state index is 0.00803. The fraction of sp³-hybridized carbons (Fsp3) is 0.118. The van der Waals surface area contributed by atoms with E-state index in [0.717, 1.165) is 42.5 Å². The summed E-state index contributed by atoms with van der Waals surface area (Å²) in [5.74, 6) is -1.39. The zero-order chi connectivity index (χ0) is 40.8. The van der Waals surface area contributed by atoms with Gasteiger partial charge in [-0.25, -0.2) is 4.79 Å².